The van der Waals surface area contributed by atoms with Gasteiger partial charge in [-0.1, -0.05) is 54.6 Å². The Morgan fingerprint density at radius 3 is 2.59 bits per heavy atom. The second-order valence-corrected chi connectivity index (χ2v) is 8.90. The van der Waals surface area contributed by atoms with Crippen molar-refractivity contribution >= 4 is 23.4 Å². The maximum Gasteiger partial charge on any atom is 0.256 e. The van der Waals surface area contributed by atoms with Crippen molar-refractivity contribution in [1.82, 2.24) is 10.2 Å². The number of hydrogen-bond donors (Lipinski definition) is 1. The summed E-state index contributed by atoms with van der Waals surface area (Å²) in [5.41, 5.74) is 3.58. The van der Waals surface area contributed by atoms with Crippen molar-refractivity contribution in [2.45, 2.75) is 38.4 Å². The zero-order chi connectivity index (χ0) is 23.7. The Kier molecular flexibility index (Phi) is 5.88. The Labute approximate surface area is 199 Å². The van der Waals surface area contributed by atoms with Gasteiger partial charge in [-0.2, -0.15) is 0 Å². The first-order valence-corrected chi connectivity index (χ1v) is 11.7. The number of nitrogens with zero attached hydrogens (tertiary/aromatic N) is 2. The van der Waals surface area contributed by atoms with Crippen LogP contribution in [0.3, 0.4) is 0 Å². The highest BCUT2D eigenvalue weighted by Gasteiger charge is 2.41. The Morgan fingerprint density at radius 1 is 1.00 bits per heavy atom. The van der Waals surface area contributed by atoms with Gasteiger partial charge in [0.05, 0.1) is 23.8 Å². The van der Waals surface area contributed by atoms with Crippen LogP contribution in [0.15, 0.2) is 78.9 Å². The van der Waals surface area contributed by atoms with Crippen LogP contribution in [0.4, 0.5) is 5.69 Å². The highest BCUT2D eigenvalue weighted by molar-refractivity contribution is 6.11. The molecule has 6 heteroatoms. The van der Waals surface area contributed by atoms with Crippen molar-refractivity contribution in [3.63, 3.8) is 0 Å². The molecule has 2 aliphatic heterocycles. The van der Waals surface area contributed by atoms with Crippen molar-refractivity contribution in [3.05, 3.63) is 101 Å². The molecule has 0 aromatic heterocycles. The fourth-order valence-electron chi connectivity index (χ4n) is 4.87. The van der Waals surface area contributed by atoms with Crippen LogP contribution in [-0.4, -0.2) is 35.2 Å². The average molecular weight is 454 g/mol. The number of anilines is 1. The SMILES string of the molecule is C[C@@H](NC(=O)c1cccc(CN2C(=O)[C@@H]3CCCN3C(=O)c3ccccc32)c1)c1ccccc1. The summed E-state index contributed by atoms with van der Waals surface area (Å²) in [7, 11) is 0. The highest BCUT2D eigenvalue weighted by Crippen LogP contribution is 2.33. The highest BCUT2D eigenvalue weighted by atomic mass is 16.2. The fourth-order valence-corrected chi connectivity index (χ4v) is 4.87. The van der Waals surface area contributed by atoms with Gasteiger partial charge >= 0.3 is 0 Å². The van der Waals surface area contributed by atoms with E-state index in [-0.39, 0.29) is 23.8 Å². The van der Waals surface area contributed by atoms with Gasteiger partial charge in [0.1, 0.15) is 6.04 Å². The van der Waals surface area contributed by atoms with Crippen LogP contribution in [0.2, 0.25) is 0 Å². The molecule has 172 valence electrons. The number of nitrogens with one attached hydrogen (secondary N) is 1. The maximum absolute atomic E-state index is 13.5. The Balaban J connectivity index is 1.40. The number of rotatable bonds is 5. The predicted molar refractivity (Wildman–Crippen MR) is 130 cm³/mol. The van der Waals surface area contributed by atoms with Crippen LogP contribution in [0, 0.1) is 0 Å². The standard InChI is InChI=1S/C28H27N3O3/c1-19(21-10-3-2-4-11-21)29-26(32)22-12-7-9-20(17-22)18-31-24-14-6-5-13-23(24)27(33)30-16-8-15-25(30)28(31)34/h2-7,9-14,17,19,25H,8,15-16,18H2,1H3,(H,29,32)/t19-,25+/m1/s1. The van der Waals surface area contributed by atoms with Crippen molar-refractivity contribution in [1.29, 1.82) is 0 Å². The number of carbonyl (C=O) groups excluding carboxylic acids is 3. The van der Waals surface area contributed by atoms with Gasteiger partial charge in [-0.05, 0) is 55.2 Å². The summed E-state index contributed by atoms with van der Waals surface area (Å²) in [4.78, 5) is 43.0. The van der Waals surface area contributed by atoms with E-state index in [0.717, 1.165) is 17.5 Å². The molecule has 6 nitrogen and oxygen atoms in total. The number of fused-ring (bicyclic) bond motifs is 2. The van der Waals surface area contributed by atoms with Crippen molar-refractivity contribution in [2.24, 2.45) is 0 Å². The molecule has 2 atom stereocenters. The molecule has 5 rings (SSSR count). The number of benzene rings is 3. The van der Waals surface area contributed by atoms with Crippen LogP contribution in [0.1, 0.15) is 57.7 Å². The molecule has 3 amide bonds. The minimum Gasteiger partial charge on any atom is -0.346 e. The van der Waals surface area contributed by atoms with Gasteiger partial charge < -0.3 is 15.1 Å². The third kappa shape index (κ3) is 4.07. The molecular weight excluding hydrogens is 426 g/mol. The van der Waals surface area contributed by atoms with Crippen LogP contribution in [0.25, 0.3) is 0 Å². The molecule has 0 spiro atoms. The molecule has 0 saturated carbocycles. The fraction of sp³-hybridized carbons (Fsp3) is 0.250. The van der Waals surface area contributed by atoms with E-state index >= 15 is 0 Å². The summed E-state index contributed by atoms with van der Waals surface area (Å²) in [6, 6.07) is 23.9. The van der Waals surface area contributed by atoms with Crippen molar-refractivity contribution in [3.8, 4) is 0 Å². The van der Waals surface area contributed by atoms with E-state index in [9.17, 15) is 14.4 Å². The number of para-hydroxylation sites is 1. The Bertz CT molecular complexity index is 1240. The zero-order valence-corrected chi connectivity index (χ0v) is 19.1. The Hall–Kier alpha value is -3.93. The summed E-state index contributed by atoms with van der Waals surface area (Å²) in [5, 5.41) is 3.04. The normalized spacial score (nSPS) is 18.2. The summed E-state index contributed by atoms with van der Waals surface area (Å²) < 4.78 is 0. The van der Waals surface area contributed by atoms with Gasteiger partial charge in [-0.25, -0.2) is 0 Å². The molecule has 3 aromatic carbocycles. The molecular formula is C28H27N3O3. The van der Waals surface area contributed by atoms with Crippen LogP contribution in [0.5, 0.6) is 0 Å². The molecule has 0 aliphatic carbocycles. The molecule has 3 aromatic rings. The van der Waals surface area contributed by atoms with Gasteiger partial charge in [0.2, 0.25) is 5.91 Å². The van der Waals surface area contributed by atoms with E-state index in [0.29, 0.717) is 36.3 Å². The van der Waals surface area contributed by atoms with Crippen LogP contribution in [-0.2, 0) is 11.3 Å². The largest absolute Gasteiger partial charge is 0.346 e. The molecule has 1 fully saturated rings. The van der Waals surface area contributed by atoms with E-state index in [1.807, 2.05) is 73.7 Å². The van der Waals surface area contributed by atoms with E-state index in [1.54, 1.807) is 21.9 Å². The first kappa shape index (κ1) is 21.9. The molecule has 1 N–H and O–H groups in total. The van der Waals surface area contributed by atoms with E-state index < -0.39 is 6.04 Å². The minimum absolute atomic E-state index is 0.0663. The lowest BCUT2D eigenvalue weighted by molar-refractivity contribution is -0.122. The summed E-state index contributed by atoms with van der Waals surface area (Å²) in [6.45, 7) is 2.85. The molecule has 0 radical (unpaired) electrons. The maximum atomic E-state index is 13.5. The molecule has 2 aliphatic rings. The summed E-state index contributed by atoms with van der Waals surface area (Å²) in [6.07, 6.45) is 1.50. The average Bonchev–Trinajstić information content (AvgIpc) is 3.35. The zero-order valence-electron chi connectivity index (χ0n) is 19.1. The first-order chi connectivity index (χ1) is 16.5. The van der Waals surface area contributed by atoms with Gasteiger partial charge in [-0.3, -0.25) is 14.4 Å². The third-order valence-electron chi connectivity index (χ3n) is 6.67. The quantitative estimate of drug-likeness (QED) is 0.625. The van der Waals surface area contributed by atoms with Gasteiger partial charge in [0.15, 0.2) is 0 Å². The van der Waals surface area contributed by atoms with Gasteiger partial charge in [-0.15, -0.1) is 0 Å². The van der Waals surface area contributed by atoms with Crippen LogP contribution < -0.4 is 10.2 Å². The third-order valence-corrected chi connectivity index (χ3v) is 6.67. The second-order valence-electron chi connectivity index (χ2n) is 8.90. The van der Waals surface area contributed by atoms with Gasteiger partial charge in [0.25, 0.3) is 11.8 Å². The molecule has 34 heavy (non-hydrogen) atoms. The summed E-state index contributed by atoms with van der Waals surface area (Å²) in [5.74, 6) is -0.321. The van der Waals surface area contributed by atoms with E-state index in [1.165, 1.54) is 0 Å². The van der Waals surface area contributed by atoms with E-state index in [4.69, 9.17) is 0 Å². The van der Waals surface area contributed by atoms with E-state index in [2.05, 4.69) is 5.32 Å². The lowest BCUT2D eigenvalue weighted by atomic mass is 10.1. The minimum atomic E-state index is -0.432. The molecule has 0 unspecified atom stereocenters. The lowest BCUT2D eigenvalue weighted by Crippen LogP contribution is -2.44. The lowest BCUT2D eigenvalue weighted by Gasteiger charge is -2.26. The molecule has 2 heterocycles. The second kappa shape index (κ2) is 9.14. The number of amides is 3. The van der Waals surface area contributed by atoms with Crippen molar-refractivity contribution in [2.75, 3.05) is 11.4 Å². The number of carbonyl (C=O) groups is 3. The monoisotopic (exact) mass is 453 g/mol. The Morgan fingerprint density at radius 2 is 1.76 bits per heavy atom. The van der Waals surface area contributed by atoms with Crippen molar-refractivity contribution < 1.29 is 14.4 Å². The summed E-state index contributed by atoms with van der Waals surface area (Å²) >= 11 is 0. The van der Waals surface area contributed by atoms with Crippen LogP contribution >= 0.6 is 0 Å². The van der Waals surface area contributed by atoms with Gasteiger partial charge in [0, 0.05) is 12.1 Å². The topological polar surface area (TPSA) is 69.7 Å². The smallest absolute Gasteiger partial charge is 0.256 e. The first-order valence-electron chi connectivity index (χ1n) is 11.7. The molecule has 0 bridgehead atoms. The predicted octanol–water partition coefficient (Wildman–Crippen LogP) is 4.33. The number of hydrogen-bond acceptors (Lipinski definition) is 3. The molecule has 1 saturated heterocycles.